The Bertz CT molecular complexity index is 1140. The Morgan fingerprint density at radius 3 is 2.65 bits per heavy atom. The zero-order chi connectivity index (χ0) is 21.8. The van der Waals surface area contributed by atoms with E-state index in [2.05, 4.69) is 15.4 Å². The van der Waals surface area contributed by atoms with Crippen molar-refractivity contribution >= 4 is 22.6 Å². The molecule has 1 amide bonds. The van der Waals surface area contributed by atoms with E-state index in [-0.39, 0.29) is 29.6 Å². The second kappa shape index (κ2) is 9.07. The Kier molecular flexibility index (Phi) is 6.06. The molecule has 0 saturated heterocycles. The van der Waals surface area contributed by atoms with Crippen molar-refractivity contribution in [2.45, 2.75) is 45.2 Å². The fourth-order valence-corrected chi connectivity index (χ4v) is 3.99. The lowest BCUT2D eigenvalue weighted by Gasteiger charge is -2.20. The monoisotopic (exact) mass is 424 g/mol. The minimum Gasteiger partial charge on any atom is -0.354 e. The van der Waals surface area contributed by atoms with Crippen LogP contribution < -0.4 is 10.9 Å². The van der Waals surface area contributed by atoms with E-state index in [1.54, 1.807) is 16.8 Å². The lowest BCUT2D eigenvalue weighted by atomic mass is 9.89. The average molecular weight is 424 g/mol. The second-order valence-corrected chi connectivity index (χ2v) is 7.83. The molecular weight excluding hydrogens is 400 g/mol. The average Bonchev–Trinajstić information content (AvgIpc) is 3.20. The van der Waals surface area contributed by atoms with Crippen LogP contribution in [0.4, 0.5) is 5.69 Å². The highest BCUT2D eigenvalue weighted by molar-refractivity contribution is 5.78. The number of nitro benzene ring substituents is 1. The molecule has 0 aliphatic heterocycles. The highest BCUT2D eigenvalue weighted by Gasteiger charge is 2.20. The van der Waals surface area contributed by atoms with E-state index in [9.17, 15) is 19.7 Å². The summed E-state index contributed by atoms with van der Waals surface area (Å²) in [7, 11) is 0. The molecule has 31 heavy (non-hydrogen) atoms. The van der Waals surface area contributed by atoms with Crippen LogP contribution in [-0.4, -0.2) is 36.7 Å². The number of aromatic nitrogens is 4. The van der Waals surface area contributed by atoms with Crippen LogP contribution >= 0.6 is 0 Å². The Morgan fingerprint density at radius 1 is 1.19 bits per heavy atom. The van der Waals surface area contributed by atoms with Gasteiger partial charge in [0.2, 0.25) is 5.91 Å². The number of nitrogens with zero attached hydrogens (tertiary/aromatic N) is 5. The van der Waals surface area contributed by atoms with Gasteiger partial charge in [-0.25, -0.2) is 9.67 Å². The van der Waals surface area contributed by atoms with Crippen LogP contribution in [0.1, 0.15) is 37.7 Å². The quantitative estimate of drug-likeness (QED) is 0.458. The van der Waals surface area contributed by atoms with Gasteiger partial charge in [-0.1, -0.05) is 31.4 Å². The molecule has 162 valence electrons. The van der Waals surface area contributed by atoms with E-state index in [0.29, 0.717) is 24.1 Å². The lowest BCUT2D eigenvalue weighted by Crippen LogP contribution is -2.34. The molecule has 3 aromatic rings. The first kappa shape index (κ1) is 20.7. The molecule has 4 rings (SSSR count). The summed E-state index contributed by atoms with van der Waals surface area (Å²) in [5.41, 5.74) is 0.992. The summed E-state index contributed by atoms with van der Waals surface area (Å²) in [6, 6.07) is 6.05. The van der Waals surface area contributed by atoms with Gasteiger partial charge in [0, 0.05) is 24.6 Å². The van der Waals surface area contributed by atoms with Crippen molar-refractivity contribution < 1.29 is 9.72 Å². The fraction of sp³-hybridized carbons (Fsp3) is 0.429. The Morgan fingerprint density at radius 2 is 1.94 bits per heavy atom. The molecule has 1 fully saturated rings. The summed E-state index contributed by atoms with van der Waals surface area (Å²) in [6.45, 7) is 1.11. The molecule has 10 nitrogen and oxygen atoms in total. The number of rotatable bonds is 7. The topological polar surface area (TPSA) is 125 Å². The van der Waals surface area contributed by atoms with E-state index in [1.807, 2.05) is 0 Å². The largest absolute Gasteiger partial charge is 0.354 e. The summed E-state index contributed by atoms with van der Waals surface area (Å²) in [5.74, 6) is 0.197. The summed E-state index contributed by atoms with van der Waals surface area (Å²) < 4.78 is 3.06. The molecule has 1 N–H and O–H groups in total. The van der Waals surface area contributed by atoms with Crippen LogP contribution in [0, 0.1) is 16.0 Å². The van der Waals surface area contributed by atoms with Gasteiger partial charge < -0.3 is 5.32 Å². The van der Waals surface area contributed by atoms with Gasteiger partial charge in [0.1, 0.15) is 11.7 Å². The number of hydrogen-bond donors (Lipinski definition) is 1. The highest BCUT2D eigenvalue weighted by atomic mass is 16.6. The van der Waals surface area contributed by atoms with E-state index >= 15 is 0 Å². The number of hydrogen-bond acceptors (Lipinski definition) is 6. The maximum absolute atomic E-state index is 12.8. The first-order valence-corrected chi connectivity index (χ1v) is 10.4. The van der Waals surface area contributed by atoms with Crippen LogP contribution in [0.3, 0.4) is 0 Å². The number of non-ortho nitro benzene ring substituents is 1. The third kappa shape index (κ3) is 4.62. The van der Waals surface area contributed by atoms with E-state index in [0.717, 1.165) is 31.2 Å². The maximum atomic E-state index is 12.8. The van der Waals surface area contributed by atoms with E-state index in [1.165, 1.54) is 35.6 Å². The van der Waals surface area contributed by atoms with Crippen molar-refractivity contribution in [3.05, 3.63) is 62.8 Å². The normalized spacial score (nSPS) is 14.6. The van der Waals surface area contributed by atoms with Crippen LogP contribution in [0.15, 0.2) is 41.6 Å². The molecule has 0 unspecified atom stereocenters. The van der Waals surface area contributed by atoms with Crippen molar-refractivity contribution in [3.63, 3.8) is 0 Å². The van der Waals surface area contributed by atoms with Crippen molar-refractivity contribution in [2.24, 2.45) is 5.92 Å². The smallest absolute Gasteiger partial charge is 0.269 e. The first-order chi connectivity index (χ1) is 15.0. The van der Waals surface area contributed by atoms with Crippen LogP contribution in [0.25, 0.3) is 11.0 Å². The second-order valence-electron chi connectivity index (χ2n) is 7.83. The highest BCUT2D eigenvalue weighted by Crippen LogP contribution is 2.23. The zero-order valence-electron chi connectivity index (χ0n) is 17.1. The predicted octanol–water partition coefficient (Wildman–Crippen LogP) is 2.25. The number of carbonyl (C=O) groups excluding carboxylic acids is 1. The van der Waals surface area contributed by atoms with Crippen molar-refractivity contribution in [1.29, 1.82) is 0 Å². The lowest BCUT2D eigenvalue weighted by molar-refractivity contribution is -0.384. The molecule has 1 aromatic carbocycles. The van der Waals surface area contributed by atoms with Gasteiger partial charge in [0.15, 0.2) is 5.65 Å². The number of nitrogens with one attached hydrogen (secondary N) is 1. The SMILES string of the molecule is O=C(NCCn1ncc2c(=O)n(Cc3ccc([N+](=O)[O-])cc3)cnc21)C1CCCCC1. The number of fused-ring (bicyclic) bond motifs is 1. The molecule has 0 radical (unpaired) electrons. The third-order valence-electron chi connectivity index (χ3n) is 5.72. The molecule has 2 aromatic heterocycles. The summed E-state index contributed by atoms with van der Waals surface area (Å²) in [6.07, 6.45) is 8.26. The molecule has 0 atom stereocenters. The number of benzene rings is 1. The summed E-state index contributed by atoms with van der Waals surface area (Å²) in [4.78, 5) is 39.8. The van der Waals surface area contributed by atoms with Crippen LogP contribution in [0.2, 0.25) is 0 Å². The van der Waals surface area contributed by atoms with Crippen molar-refractivity contribution in [1.82, 2.24) is 24.6 Å². The van der Waals surface area contributed by atoms with E-state index < -0.39 is 4.92 Å². The molecule has 2 heterocycles. The maximum Gasteiger partial charge on any atom is 0.269 e. The molecule has 1 aliphatic carbocycles. The minimum atomic E-state index is -0.463. The summed E-state index contributed by atoms with van der Waals surface area (Å²) >= 11 is 0. The number of carbonyl (C=O) groups is 1. The molecular formula is C21H24N6O4. The molecule has 1 saturated carbocycles. The van der Waals surface area contributed by atoms with E-state index in [4.69, 9.17) is 0 Å². The standard InChI is InChI=1S/C21H24N6O4/c28-20(16-4-2-1-3-5-16)22-10-11-26-19-18(12-24-26)21(29)25(14-23-19)13-15-6-8-17(9-7-15)27(30)31/h6-9,12,14,16H,1-5,10-11,13H2,(H,22,28). The minimum absolute atomic E-state index is 0.00142. The number of amides is 1. The van der Waals surface area contributed by atoms with Gasteiger partial charge in [-0.2, -0.15) is 5.10 Å². The van der Waals surface area contributed by atoms with Gasteiger partial charge in [0.25, 0.3) is 11.2 Å². The van der Waals surface area contributed by atoms with Gasteiger partial charge in [-0.3, -0.25) is 24.3 Å². The van der Waals surface area contributed by atoms with Gasteiger partial charge in [-0.15, -0.1) is 0 Å². The van der Waals surface area contributed by atoms with Crippen molar-refractivity contribution in [2.75, 3.05) is 6.54 Å². The molecule has 0 spiro atoms. The van der Waals surface area contributed by atoms with Crippen molar-refractivity contribution in [3.8, 4) is 0 Å². The summed E-state index contributed by atoms with van der Waals surface area (Å²) in [5, 5.41) is 18.4. The predicted molar refractivity (Wildman–Crippen MR) is 114 cm³/mol. The Labute approximate surface area is 178 Å². The number of nitro groups is 1. The third-order valence-corrected chi connectivity index (χ3v) is 5.72. The Hall–Kier alpha value is -3.56. The van der Waals surface area contributed by atoms with Gasteiger partial charge in [-0.05, 0) is 18.4 Å². The Balaban J connectivity index is 1.42. The molecule has 1 aliphatic rings. The van der Waals surface area contributed by atoms with Crippen LogP contribution in [-0.2, 0) is 17.9 Å². The van der Waals surface area contributed by atoms with Gasteiger partial charge in [0.05, 0.1) is 24.2 Å². The molecule has 0 bridgehead atoms. The zero-order valence-corrected chi connectivity index (χ0v) is 17.1. The first-order valence-electron chi connectivity index (χ1n) is 10.4. The van der Waals surface area contributed by atoms with Crippen LogP contribution in [0.5, 0.6) is 0 Å². The molecule has 10 heteroatoms. The van der Waals surface area contributed by atoms with Gasteiger partial charge >= 0.3 is 0 Å². The fourth-order valence-electron chi connectivity index (χ4n) is 3.99.